The standard InChI is InChI=1S/C18H19ClN2O3/c19-15-6-3-13(4-7-15)10-21-18(22)14-5-8-17(20-11-14)24-12-16-2-1-9-23-16/h3-8,11,16H,1-2,9-10,12H2,(H,21,22). The SMILES string of the molecule is O=C(NCc1ccc(Cl)cc1)c1ccc(OCC2CCCO2)nc1. The highest BCUT2D eigenvalue weighted by molar-refractivity contribution is 6.30. The molecular weight excluding hydrogens is 328 g/mol. The second-order valence-electron chi connectivity index (χ2n) is 5.64. The first-order valence-corrected chi connectivity index (χ1v) is 8.31. The molecule has 1 atom stereocenters. The minimum Gasteiger partial charge on any atom is -0.475 e. The zero-order chi connectivity index (χ0) is 16.8. The summed E-state index contributed by atoms with van der Waals surface area (Å²) in [6.45, 7) is 1.73. The quantitative estimate of drug-likeness (QED) is 0.872. The third kappa shape index (κ3) is 4.69. The van der Waals surface area contributed by atoms with Gasteiger partial charge in [0.15, 0.2) is 0 Å². The summed E-state index contributed by atoms with van der Waals surface area (Å²) < 4.78 is 11.1. The fraction of sp³-hybridized carbons (Fsp3) is 0.333. The number of nitrogens with zero attached hydrogens (tertiary/aromatic N) is 1. The van der Waals surface area contributed by atoms with Crippen LogP contribution in [0.4, 0.5) is 0 Å². The summed E-state index contributed by atoms with van der Waals surface area (Å²) in [6.07, 6.45) is 3.76. The molecule has 1 unspecified atom stereocenters. The second kappa shape index (κ2) is 8.13. The topological polar surface area (TPSA) is 60.5 Å². The molecule has 3 rings (SSSR count). The van der Waals surface area contributed by atoms with Crippen molar-refractivity contribution in [2.75, 3.05) is 13.2 Å². The monoisotopic (exact) mass is 346 g/mol. The Morgan fingerprint density at radius 1 is 1.29 bits per heavy atom. The Morgan fingerprint density at radius 3 is 2.79 bits per heavy atom. The molecule has 6 heteroatoms. The normalized spacial score (nSPS) is 16.8. The molecule has 126 valence electrons. The van der Waals surface area contributed by atoms with E-state index < -0.39 is 0 Å². The fourth-order valence-corrected chi connectivity index (χ4v) is 2.57. The lowest BCUT2D eigenvalue weighted by Crippen LogP contribution is -2.23. The molecule has 1 aliphatic rings. The molecule has 0 saturated carbocycles. The molecule has 1 saturated heterocycles. The number of ether oxygens (including phenoxy) is 2. The molecule has 1 aromatic heterocycles. The van der Waals surface area contributed by atoms with E-state index in [1.165, 1.54) is 6.20 Å². The van der Waals surface area contributed by atoms with Crippen molar-refractivity contribution in [1.29, 1.82) is 0 Å². The molecule has 1 aromatic carbocycles. The molecule has 5 nitrogen and oxygen atoms in total. The summed E-state index contributed by atoms with van der Waals surface area (Å²) in [4.78, 5) is 16.3. The Bertz CT molecular complexity index is 668. The third-order valence-corrected chi connectivity index (χ3v) is 4.06. The van der Waals surface area contributed by atoms with E-state index in [0.29, 0.717) is 29.6 Å². The summed E-state index contributed by atoms with van der Waals surface area (Å²) in [7, 11) is 0. The zero-order valence-electron chi connectivity index (χ0n) is 13.2. The van der Waals surface area contributed by atoms with Gasteiger partial charge < -0.3 is 14.8 Å². The van der Waals surface area contributed by atoms with Gasteiger partial charge in [-0.15, -0.1) is 0 Å². The van der Waals surface area contributed by atoms with E-state index in [4.69, 9.17) is 21.1 Å². The maximum Gasteiger partial charge on any atom is 0.253 e. The Morgan fingerprint density at radius 2 is 2.12 bits per heavy atom. The molecule has 2 heterocycles. The van der Waals surface area contributed by atoms with Crippen LogP contribution in [-0.2, 0) is 11.3 Å². The zero-order valence-corrected chi connectivity index (χ0v) is 14.0. The predicted octanol–water partition coefficient (Wildman–Crippen LogP) is 3.22. The van der Waals surface area contributed by atoms with Crippen LogP contribution in [0.15, 0.2) is 42.6 Å². The molecule has 2 aromatic rings. The third-order valence-electron chi connectivity index (χ3n) is 3.81. The highest BCUT2D eigenvalue weighted by Crippen LogP contribution is 2.15. The predicted molar refractivity (Wildman–Crippen MR) is 91.3 cm³/mol. The summed E-state index contributed by atoms with van der Waals surface area (Å²) in [6, 6.07) is 10.8. The largest absolute Gasteiger partial charge is 0.475 e. The van der Waals surface area contributed by atoms with Crippen LogP contribution in [0.2, 0.25) is 5.02 Å². The van der Waals surface area contributed by atoms with Gasteiger partial charge >= 0.3 is 0 Å². The van der Waals surface area contributed by atoms with E-state index >= 15 is 0 Å². The number of hydrogen-bond acceptors (Lipinski definition) is 4. The number of carbonyl (C=O) groups is 1. The van der Waals surface area contributed by atoms with Gasteiger partial charge in [-0.05, 0) is 36.6 Å². The van der Waals surface area contributed by atoms with Crippen molar-refractivity contribution >= 4 is 17.5 Å². The van der Waals surface area contributed by atoms with Gasteiger partial charge in [0.2, 0.25) is 5.88 Å². The summed E-state index contributed by atoms with van der Waals surface area (Å²) in [5, 5.41) is 3.52. The molecule has 1 N–H and O–H groups in total. The van der Waals surface area contributed by atoms with Crippen molar-refractivity contribution in [2.45, 2.75) is 25.5 Å². The lowest BCUT2D eigenvalue weighted by Gasteiger charge is -2.11. The van der Waals surface area contributed by atoms with Gasteiger partial charge in [-0.1, -0.05) is 23.7 Å². The van der Waals surface area contributed by atoms with Crippen LogP contribution in [0.1, 0.15) is 28.8 Å². The van der Waals surface area contributed by atoms with Gasteiger partial charge in [0.05, 0.1) is 11.7 Å². The van der Waals surface area contributed by atoms with Crippen LogP contribution >= 0.6 is 11.6 Å². The first kappa shape index (κ1) is 16.7. The van der Waals surface area contributed by atoms with Gasteiger partial charge in [-0.3, -0.25) is 4.79 Å². The van der Waals surface area contributed by atoms with Crippen LogP contribution in [-0.4, -0.2) is 30.2 Å². The van der Waals surface area contributed by atoms with Crippen LogP contribution in [0.3, 0.4) is 0 Å². The molecule has 24 heavy (non-hydrogen) atoms. The lowest BCUT2D eigenvalue weighted by molar-refractivity contribution is 0.0663. The average molecular weight is 347 g/mol. The number of nitrogens with one attached hydrogen (secondary N) is 1. The van der Waals surface area contributed by atoms with Crippen molar-refractivity contribution in [1.82, 2.24) is 10.3 Å². The summed E-state index contributed by atoms with van der Waals surface area (Å²) >= 11 is 5.84. The highest BCUT2D eigenvalue weighted by Gasteiger charge is 2.16. The first-order valence-electron chi connectivity index (χ1n) is 7.94. The molecular formula is C18H19ClN2O3. The summed E-state index contributed by atoms with van der Waals surface area (Å²) in [5.74, 6) is 0.322. The maximum atomic E-state index is 12.1. The van der Waals surface area contributed by atoms with E-state index in [1.54, 1.807) is 24.3 Å². The number of rotatable bonds is 6. The smallest absolute Gasteiger partial charge is 0.253 e. The molecule has 0 spiro atoms. The van der Waals surface area contributed by atoms with E-state index in [0.717, 1.165) is 25.0 Å². The summed E-state index contributed by atoms with van der Waals surface area (Å²) in [5.41, 5.74) is 1.48. The highest BCUT2D eigenvalue weighted by atomic mass is 35.5. The number of amides is 1. The van der Waals surface area contributed by atoms with Crippen molar-refractivity contribution < 1.29 is 14.3 Å². The maximum absolute atomic E-state index is 12.1. The number of carbonyl (C=O) groups excluding carboxylic acids is 1. The molecule has 0 aliphatic carbocycles. The van der Waals surface area contributed by atoms with Crippen molar-refractivity contribution in [3.05, 3.63) is 58.7 Å². The molecule has 0 bridgehead atoms. The van der Waals surface area contributed by atoms with Gasteiger partial charge in [-0.2, -0.15) is 0 Å². The van der Waals surface area contributed by atoms with E-state index in [9.17, 15) is 4.79 Å². The van der Waals surface area contributed by atoms with Crippen molar-refractivity contribution in [2.24, 2.45) is 0 Å². The van der Waals surface area contributed by atoms with Crippen LogP contribution in [0, 0.1) is 0 Å². The first-order chi connectivity index (χ1) is 11.7. The number of hydrogen-bond donors (Lipinski definition) is 1. The Balaban J connectivity index is 1.48. The molecule has 1 fully saturated rings. The number of aromatic nitrogens is 1. The van der Waals surface area contributed by atoms with Crippen molar-refractivity contribution in [3.63, 3.8) is 0 Å². The van der Waals surface area contributed by atoms with E-state index in [-0.39, 0.29) is 12.0 Å². The van der Waals surface area contributed by atoms with Crippen LogP contribution in [0.5, 0.6) is 5.88 Å². The fourth-order valence-electron chi connectivity index (χ4n) is 2.44. The average Bonchev–Trinajstić information content (AvgIpc) is 3.13. The minimum absolute atomic E-state index is 0.147. The Labute approximate surface area is 145 Å². The lowest BCUT2D eigenvalue weighted by atomic mass is 10.2. The van der Waals surface area contributed by atoms with E-state index in [2.05, 4.69) is 10.3 Å². The number of pyridine rings is 1. The number of benzene rings is 1. The van der Waals surface area contributed by atoms with E-state index in [1.807, 2.05) is 12.1 Å². The molecule has 0 radical (unpaired) electrons. The van der Waals surface area contributed by atoms with Gasteiger partial charge in [0, 0.05) is 30.4 Å². The van der Waals surface area contributed by atoms with Gasteiger partial charge in [-0.25, -0.2) is 4.98 Å². The van der Waals surface area contributed by atoms with Crippen LogP contribution < -0.4 is 10.1 Å². The Kier molecular flexibility index (Phi) is 5.67. The minimum atomic E-state index is -0.178. The molecule has 1 aliphatic heterocycles. The van der Waals surface area contributed by atoms with Gasteiger partial charge in [0.1, 0.15) is 6.61 Å². The number of halogens is 1. The van der Waals surface area contributed by atoms with Crippen molar-refractivity contribution in [3.8, 4) is 5.88 Å². The second-order valence-corrected chi connectivity index (χ2v) is 6.08. The van der Waals surface area contributed by atoms with Crippen LogP contribution in [0.25, 0.3) is 0 Å². The molecule has 1 amide bonds. The Hall–Kier alpha value is -2.11. The van der Waals surface area contributed by atoms with Gasteiger partial charge in [0.25, 0.3) is 5.91 Å².